The van der Waals surface area contributed by atoms with Crippen LogP contribution in [-0.4, -0.2) is 53.3 Å². The number of piperidine rings is 1. The van der Waals surface area contributed by atoms with Crippen LogP contribution in [0.15, 0.2) is 27.7 Å². The van der Waals surface area contributed by atoms with Gasteiger partial charge < -0.3 is 19.7 Å². The summed E-state index contributed by atoms with van der Waals surface area (Å²) in [5.41, 5.74) is -0.736. The summed E-state index contributed by atoms with van der Waals surface area (Å²) >= 11 is 3.50. The van der Waals surface area contributed by atoms with E-state index in [0.717, 1.165) is 35.0 Å². The smallest absolute Gasteiger partial charge is 0.343 e. The lowest BCUT2D eigenvalue weighted by molar-refractivity contribution is -0.909. The molecule has 1 N–H and O–H groups in total. The first-order valence-corrected chi connectivity index (χ1v) is 10.8. The normalized spacial score (nSPS) is 43.0. The highest BCUT2D eigenvalue weighted by Gasteiger charge is 2.76. The molecule has 3 aliphatic heterocycles. The number of hydrogen-bond acceptors (Lipinski definition) is 5. The van der Waals surface area contributed by atoms with Gasteiger partial charge in [-0.05, 0) is 37.0 Å². The quantitative estimate of drug-likeness (QED) is 0.427. The van der Waals surface area contributed by atoms with E-state index >= 15 is 0 Å². The summed E-state index contributed by atoms with van der Waals surface area (Å²) in [7, 11) is 1.31. The van der Waals surface area contributed by atoms with Gasteiger partial charge in [0, 0.05) is 22.7 Å². The second kappa shape index (κ2) is 5.65. The molecule has 5 atom stereocenters. The zero-order valence-electron chi connectivity index (χ0n) is 16.2. The number of fused-ring (bicyclic) bond motifs is 1. The zero-order valence-corrected chi connectivity index (χ0v) is 17.8. The van der Waals surface area contributed by atoms with E-state index in [-0.39, 0.29) is 17.1 Å². The van der Waals surface area contributed by atoms with E-state index in [4.69, 9.17) is 9.73 Å². The maximum atomic E-state index is 14.0. The fraction of sp³-hybridized carbons (Fsp3) is 0.619. The minimum Gasteiger partial charge on any atom is -0.633 e. The molecule has 2 saturated heterocycles. The van der Waals surface area contributed by atoms with Crippen LogP contribution < -0.4 is 0 Å². The summed E-state index contributed by atoms with van der Waals surface area (Å²) in [6.07, 6.45) is 3.24. The number of ether oxygens (including phenoxy) is 1. The Hall–Kier alpha value is -1.28. The molecular formula is C21H25BrN2O4. The van der Waals surface area contributed by atoms with Crippen LogP contribution in [-0.2, 0) is 14.9 Å². The van der Waals surface area contributed by atoms with E-state index in [0.29, 0.717) is 25.2 Å². The SMILES string of the molecule is CC[C@]12CCC[N+]3([O-])CC[C@]4(C(=Nc5cc(Br)ccc54)C(O)(C(=O)OC)C1)[C@H]23. The van der Waals surface area contributed by atoms with Gasteiger partial charge >= 0.3 is 5.97 Å². The van der Waals surface area contributed by atoms with Gasteiger partial charge in [0.15, 0.2) is 0 Å². The number of hydroxylamine groups is 3. The Morgan fingerprint density at radius 3 is 2.93 bits per heavy atom. The lowest BCUT2D eigenvalue weighted by atomic mass is 9.49. The molecule has 28 heavy (non-hydrogen) atoms. The molecule has 3 fully saturated rings. The number of quaternary nitrogens is 1. The standard InChI is InChI=1S/C21H25BrN2O4/c1-3-19-7-4-9-24(27)10-8-20(17(19)24)14-6-5-13(22)11-15(14)23-16(20)21(26,12-19)18(25)28-2/h5-6,11,17,26H,3-4,7-10,12H2,1-2H3/t17-,19-,20-,21?,24?/m0/s1. The molecule has 4 aliphatic rings. The number of aliphatic hydroxyl groups is 1. The van der Waals surface area contributed by atoms with Crippen LogP contribution in [0.3, 0.4) is 0 Å². The molecule has 150 valence electrons. The van der Waals surface area contributed by atoms with Gasteiger partial charge in [0.25, 0.3) is 0 Å². The number of esters is 1. The van der Waals surface area contributed by atoms with Crippen molar-refractivity contribution < 1.29 is 19.3 Å². The highest BCUT2D eigenvalue weighted by Crippen LogP contribution is 2.66. The zero-order chi connectivity index (χ0) is 19.9. The molecule has 6 nitrogen and oxygen atoms in total. The number of nitrogens with zero attached hydrogens (tertiary/aromatic N) is 2. The van der Waals surface area contributed by atoms with Gasteiger partial charge in [0.1, 0.15) is 6.04 Å². The summed E-state index contributed by atoms with van der Waals surface area (Å²) in [4.78, 5) is 17.7. The Bertz CT molecular complexity index is 920. The van der Waals surface area contributed by atoms with Crippen LogP contribution in [0.25, 0.3) is 0 Å². The number of methoxy groups -OCH3 is 1. The lowest BCUT2D eigenvalue weighted by Crippen LogP contribution is -2.74. The van der Waals surface area contributed by atoms with Gasteiger partial charge in [-0.15, -0.1) is 0 Å². The molecule has 1 aromatic carbocycles. The summed E-state index contributed by atoms with van der Waals surface area (Å²) in [5, 5.41) is 25.8. The van der Waals surface area contributed by atoms with Crippen LogP contribution in [0.4, 0.5) is 5.69 Å². The van der Waals surface area contributed by atoms with Gasteiger partial charge in [0.2, 0.25) is 5.60 Å². The molecule has 0 amide bonds. The lowest BCUT2D eigenvalue weighted by Gasteiger charge is -2.63. The minimum atomic E-state index is -1.79. The van der Waals surface area contributed by atoms with Gasteiger partial charge in [-0.25, -0.2) is 4.79 Å². The third-order valence-electron chi connectivity index (χ3n) is 7.94. The number of benzene rings is 1. The van der Waals surface area contributed by atoms with Crippen molar-refractivity contribution >= 4 is 33.3 Å². The number of halogens is 1. The molecule has 0 aromatic heterocycles. The second-order valence-corrected chi connectivity index (χ2v) is 9.91. The van der Waals surface area contributed by atoms with E-state index in [2.05, 4.69) is 22.9 Å². The molecule has 5 rings (SSSR count). The van der Waals surface area contributed by atoms with Crippen molar-refractivity contribution in [1.82, 2.24) is 0 Å². The largest absolute Gasteiger partial charge is 0.633 e. The Morgan fingerprint density at radius 2 is 2.21 bits per heavy atom. The molecule has 1 aromatic rings. The third kappa shape index (κ3) is 1.98. The van der Waals surface area contributed by atoms with E-state index in [9.17, 15) is 15.1 Å². The molecule has 2 unspecified atom stereocenters. The Kier molecular flexibility index (Phi) is 3.78. The van der Waals surface area contributed by atoms with Crippen molar-refractivity contribution in [3.05, 3.63) is 33.4 Å². The summed E-state index contributed by atoms with van der Waals surface area (Å²) in [6, 6.07) is 5.68. The van der Waals surface area contributed by atoms with Crippen molar-refractivity contribution in [2.75, 3.05) is 20.2 Å². The highest BCUT2D eigenvalue weighted by molar-refractivity contribution is 9.10. The molecular weight excluding hydrogens is 424 g/mol. The van der Waals surface area contributed by atoms with E-state index in [1.54, 1.807) is 0 Å². The first-order valence-electron chi connectivity index (χ1n) is 10.0. The Labute approximate surface area is 172 Å². The van der Waals surface area contributed by atoms with Crippen LogP contribution in [0, 0.1) is 10.6 Å². The molecule has 1 saturated carbocycles. The number of carbonyl (C=O) groups is 1. The number of rotatable bonds is 2. The highest BCUT2D eigenvalue weighted by atomic mass is 79.9. The summed E-state index contributed by atoms with van der Waals surface area (Å²) in [6.45, 7) is 3.18. The average Bonchev–Trinajstić information content (AvgIpc) is 3.17. The van der Waals surface area contributed by atoms with Crippen LogP contribution in [0.2, 0.25) is 0 Å². The first kappa shape index (κ1) is 18.7. The minimum absolute atomic E-state index is 0.214. The predicted octanol–water partition coefficient (Wildman–Crippen LogP) is 3.36. The Balaban J connectivity index is 1.84. The first-order chi connectivity index (χ1) is 13.3. The molecule has 7 heteroatoms. The van der Waals surface area contributed by atoms with Crippen molar-refractivity contribution in [3.8, 4) is 0 Å². The average molecular weight is 449 g/mol. The topological polar surface area (TPSA) is 82.0 Å². The fourth-order valence-corrected chi connectivity index (χ4v) is 7.41. The van der Waals surface area contributed by atoms with Crippen molar-refractivity contribution in [1.29, 1.82) is 0 Å². The number of aliphatic imine (C=N–C) groups is 1. The fourth-order valence-electron chi connectivity index (χ4n) is 7.06. The number of carbonyl (C=O) groups excluding carboxylic acids is 1. The molecule has 0 radical (unpaired) electrons. The van der Waals surface area contributed by atoms with Crippen LogP contribution in [0.1, 0.15) is 44.6 Å². The molecule has 1 aliphatic carbocycles. The summed E-state index contributed by atoms with van der Waals surface area (Å²) < 4.78 is 5.71. The maximum Gasteiger partial charge on any atom is 0.343 e. The van der Waals surface area contributed by atoms with E-state index in [1.165, 1.54) is 7.11 Å². The third-order valence-corrected chi connectivity index (χ3v) is 8.43. The molecule has 0 bridgehead atoms. The van der Waals surface area contributed by atoms with Crippen LogP contribution in [0.5, 0.6) is 0 Å². The van der Waals surface area contributed by atoms with E-state index in [1.807, 2.05) is 18.2 Å². The van der Waals surface area contributed by atoms with Gasteiger partial charge in [0.05, 0.1) is 37.0 Å². The molecule has 1 spiro atoms. The molecule has 3 heterocycles. The van der Waals surface area contributed by atoms with Crippen molar-refractivity contribution in [3.63, 3.8) is 0 Å². The van der Waals surface area contributed by atoms with Gasteiger partial charge in [-0.1, -0.05) is 28.9 Å². The predicted molar refractivity (Wildman–Crippen MR) is 108 cm³/mol. The van der Waals surface area contributed by atoms with Crippen LogP contribution >= 0.6 is 15.9 Å². The van der Waals surface area contributed by atoms with Gasteiger partial charge in [-0.2, -0.15) is 0 Å². The van der Waals surface area contributed by atoms with Crippen molar-refractivity contribution in [2.24, 2.45) is 10.4 Å². The Morgan fingerprint density at radius 1 is 1.43 bits per heavy atom. The van der Waals surface area contributed by atoms with Gasteiger partial charge in [-0.3, -0.25) is 4.99 Å². The monoisotopic (exact) mass is 448 g/mol. The summed E-state index contributed by atoms with van der Waals surface area (Å²) in [5.74, 6) is -0.662. The second-order valence-electron chi connectivity index (χ2n) is 8.99. The maximum absolute atomic E-state index is 14.0. The number of hydrogen-bond donors (Lipinski definition) is 1. The van der Waals surface area contributed by atoms with E-state index < -0.39 is 22.4 Å². The van der Waals surface area contributed by atoms with Crippen molar-refractivity contribution in [2.45, 2.75) is 56.1 Å².